The summed E-state index contributed by atoms with van der Waals surface area (Å²) in [6.45, 7) is 3.98. The van der Waals surface area contributed by atoms with Crippen molar-refractivity contribution < 1.29 is 4.79 Å². The van der Waals surface area contributed by atoms with Gasteiger partial charge >= 0.3 is 0 Å². The average Bonchev–Trinajstić information content (AvgIpc) is 2.74. The molecule has 92 valence electrons. The second kappa shape index (κ2) is 5.01. The lowest BCUT2D eigenvalue weighted by molar-refractivity contribution is -0.120. The summed E-state index contributed by atoms with van der Waals surface area (Å²) in [5.74, 6) is 0.370. The average molecular weight is 231 g/mol. The Morgan fingerprint density at radius 1 is 1.29 bits per heavy atom. The van der Waals surface area contributed by atoms with E-state index in [4.69, 9.17) is 5.73 Å². The minimum Gasteiger partial charge on any atom is -0.321 e. The van der Waals surface area contributed by atoms with Crippen LogP contribution in [0.1, 0.15) is 37.0 Å². The van der Waals surface area contributed by atoms with Gasteiger partial charge in [0.15, 0.2) is 5.78 Å². The maximum absolute atomic E-state index is 11.9. The summed E-state index contributed by atoms with van der Waals surface area (Å²) >= 11 is 0. The first-order valence-electron chi connectivity index (χ1n) is 6.47. The van der Waals surface area contributed by atoms with Crippen molar-refractivity contribution in [1.82, 2.24) is 0 Å². The van der Waals surface area contributed by atoms with E-state index in [9.17, 15) is 4.79 Å². The van der Waals surface area contributed by atoms with Crippen LogP contribution in [0.2, 0.25) is 0 Å². The molecule has 2 heteroatoms. The Balaban J connectivity index is 2.07. The molecule has 0 fully saturated rings. The Bertz CT molecular complexity index is 423. The number of fused-ring (bicyclic) bond motifs is 1. The number of carbonyl (C=O) groups is 1. The summed E-state index contributed by atoms with van der Waals surface area (Å²) in [4.78, 5) is 11.9. The molecular weight excluding hydrogens is 210 g/mol. The predicted octanol–water partition coefficient (Wildman–Crippen LogP) is 2.27. The van der Waals surface area contributed by atoms with E-state index in [-0.39, 0.29) is 17.7 Å². The molecule has 2 nitrogen and oxygen atoms in total. The monoisotopic (exact) mass is 231 g/mol. The van der Waals surface area contributed by atoms with E-state index in [2.05, 4.69) is 18.2 Å². The molecule has 0 radical (unpaired) electrons. The topological polar surface area (TPSA) is 43.1 Å². The van der Waals surface area contributed by atoms with Crippen molar-refractivity contribution in [3.63, 3.8) is 0 Å². The number of rotatable bonds is 4. The molecule has 0 aliphatic heterocycles. The standard InChI is InChI=1S/C15H21NO/c1-10(2)15(16)14(17)9-11-6-7-12-4-3-5-13(12)8-11/h6-8,10,15H,3-5,9,16H2,1-2H3. The van der Waals surface area contributed by atoms with Gasteiger partial charge in [-0.3, -0.25) is 4.79 Å². The number of Topliss-reactive ketones (excluding diaryl/α,β-unsaturated/α-hetero) is 1. The second-order valence-corrected chi connectivity index (χ2v) is 5.37. The maximum Gasteiger partial charge on any atom is 0.154 e. The van der Waals surface area contributed by atoms with E-state index in [0.29, 0.717) is 6.42 Å². The second-order valence-electron chi connectivity index (χ2n) is 5.37. The first kappa shape index (κ1) is 12.3. The molecule has 0 saturated heterocycles. The van der Waals surface area contributed by atoms with Crippen LogP contribution < -0.4 is 5.73 Å². The Morgan fingerprint density at radius 2 is 2.00 bits per heavy atom. The van der Waals surface area contributed by atoms with Crippen LogP contribution in [0.4, 0.5) is 0 Å². The zero-order valence-electron chi connectivity index (χ0n) is 10.7. The summed E-state index contributed by atoms with van der Waals surface area (Å²) in [6.07, 6.45) is 4.08. The van der Waals surface area contributed by atoms with Crippen LogP contribution >= 0.6 is 0 Å². The van der Waals surface area contributed by atoms with Crippen LogP contribution in [0.5, 0.6) is 0 Å². The highest BCUT2D eigenvalue weighted by Gasteiger charge is 2.18. The SMILES string of the molecule is CC(C)C(N)C(=O)Cc1ccc2c(c1)CCC2. The Hall–Kier alpha value is -1.15. The van der Waals surface area contributed by atoms with Crippen molar-refractivity contribution in [1.29, 1.82) is 0 Å². The van der Waals surface area contributed by atoms with Crippen LogP contribution in [-0.4, -0.2) is 11.8 Å². The van der Waals surface area contributed by atoms with Gasteiger partial charge in [0, 0.05) is 6.42 Å². The van der Waals surface area contributed by atoms with E-state index in [0.717, 1.165) is 12.0 Å². The van der Waals surface area contributed by atoms with Gasteiger partial charge in [0.2, 0.25) is 0 Å². The first-order valence-corrected chi connectivity index (χ1v) is 6.47. The first-order chi connectivity index (χ1) is 8.08. The van der Waals surface area contributed by atoms with Gasteiger partial charge in [-0.1, -0.05) is 32.0 Å². The largest absolute Gasteiger partial charge is 0.321 e. The summed E-state index contributed by atoms with van der Waals surface area (Å²) in [6, 6.07) is 6.11. The molecule has 0 aromatic heterocycles. The van der Waals surface area contributed by atoms with Gasteiger partial charge in [0.25, 0.3) is 0 Å². The molecule has 1 aromatic carbocycles. The van der Waals surface area contributed by atoms with Crippen LogP contribution in [0.3, 0.4) is 0 Å². The number of hydrogen-bond acceptors (Lipinski definition) is 2. The zero-order valence-corrected chi connectivity index (χ0v) is 10.7. The van der Waals surface area contributed by atoms with Crippen molar-refractivity contribution in [2.45, 2.75) is 45.6 Å². The fourth-order valence-corrected chi connectivity index (χ4v) is 2.43. The van der Waals surface area contributed by atoms with Gasteiger partial charge in [-0.05, 0) is 41.9 Å². The van der Waals surface area contributed by atoms with E-state index in [1.165, 1.54) is 24.0 Å². The zero-order chi connectivity index (χ0) is 12.4. The fraction of sp³-hybridized carbons (Fsp3) is 0.533. The molecule has 1 unspecified atom stereocenters. The van der Waals surface area contributed by atoms with Crippen molar-refractivity contribution in [2.24, 2.45) is 11.7 Å². The van der Waals surface area contributed by atoms with Gasteiger partial charge in [0.1, 0.15) is 0 Å². The molecular formula is C15H21NO. The van der Waals surface area contributed by atoms with E-state index in [1.54, 1.807) is 0 Å². The fourth-order valence-electron chi connectivity index (χ4n) is 2.43. The lowest BCUT2D eigenvalue weighted by atomic mass is 9.95. The Kier molecular flexibility index (Phi) is 3.63. The number of aryl methyl sites for hydroxylation is 2. The molecule has 2 rings (SSSR count). The molecule has 0 bridgehead atoms. The molecule has 1 aliphatic rings. The Morgan fingerprint density at radius 3 is 2.71 bits per heavy atom. The highest BCUT2D eigenvalue weighted by molar-refractivity contribution is 5.86. The molecule has 1 atom stereocenters. The van der Waals surface area contributed by atoms with E-state index in [1.807, 2.05) is 13.8 Å². The summed E-state index contributed by atoms with van der Waals surface area (Å²) in [5.41, 5.74) is 9.87. The molecule has 0 amide bonds. The van der Waals surface area contributed by atoms with Gasteiger partial charge < -0.3 is 5.73 Å². The highest BCUT2D eigenvalue weighted by Crippen LogP contribution is 2.23. The van der Waals surface area contributed by atoms with Crippen LogP contribution in [-0.2, 0) is 24.1 Å². The molecule has 2 N–H and O–H groups in total. The number of carbonyl (C=O) groups excluding carboxylic acids is 1. The number of hydrogen-bond donors (Lipinski definition) is 1. The minimum atomic E-state index is -0.330. The van der Waals surface area contributed by atoms with Crippen molar-refractivity contribution in [3.8, 4) is 0 Å². The minimum absolute atomic E-state index is 0.151. The summed E-state index contributed by atoms with van der Waals surface area (Å²) < 4.78 is 0. The van der Waals surface area contributed by atoms with Crippen LogP contribution in [0, 0.1) is 5.92 Å². The molecule has 1 aliphatic carbocycles. The third-order valence-corrected chi connectivity index (χ3v) is 3.63. The van der Waals surface area contributed by atoms with E-state index < -0.39 is 0 Å². The van der Waals surface area contributed by atoms with Crippen molar-refractivity contribution >= 4 is 5.78 Å². The van der Waals surface area contributed by atoms with Crippen molar-refractivity contribution in [3.05, 3.63) is 34.9 Å². The van der Waals surface area contributed by atoms with Crippen LogP contribution in [0.15, 0.2) is 18.2 Å². The molecule has 17 heavy (non-hydrogen) atoms. The summed E-state index contributed by atoms with van der Waals surface area (Å²) in [5, 5.41) is 0. The van der Waals surface area contributed by atoms with Gasteiger partial charge in [-0.25, -0.2) is 0 Å². The van der Waals surface area contributed by atoms with Crippen LogP contribution in [0.25, 0.3) is 0 Å². The third-order valence-electron chi connectivity index (χ3n) is 3.63. The molecule has 0 spiro atoms. The normalized spacial score (nSPS) is 16.0. The van der Waals surface area contributed by atoms with Gasteiger partial charge in [-0.2, -0.15) is 0 Å². The molecule has 0 saturated carbocycles. The maximum atomic E-state index is 11.9. The molecule has 1 aromatic rings. The summed E-state index contributed by atoms with van der Waals surface area (Å²) in [7, 11) is 0. The van der Waals surface area contributed by atoms with Gasteiger partial charge in [-0.15, -0.1) is 0 Å². The van der Waals surface area contributed by atoms with Crippen molar-refractivity contribution in [2.75, 3.05) is 0 Å². The quantitative estimate of drug-likeness (QED) is 0.863. The molecule has 0 heterocycles. The smallest absolute Gasteiger partial charge is 0.154 e. The predicted molar refractivity (Wildman–Crippen MR) is 70.0 cm³/mol. The third kappa shape index (κ3) is 2.75. The van der Waals surface area contributed by atoms with Gasteiger partial charge in [0.05, 0.1) is 6.04 Å². The Labute approximate surface area is 103 Å². The van der Waals surface area contributed by atoms with E-state index >= 15 is 0 Å². The lowest BCUT2D eigenvalue weighted by Crippen LogP contribution is -2.36. The number of ketones is 1. The number of nitrogens with two attached hydrogens (primary N) is 1. The highest BCUT2D eigenvalue weighted by atomic mass is 16.1. The number of benzene rings is 1. The lowest BCUT2D eigenvalue weighted by Gasteiger charge is -2.14.